The van der Waals surface area contributed by atoms with Crippen molar-refractivity contribution in [1.82, 2.24) is 14.5 Å². The van der Waals surface area contributed by atoms with Crippen LogP contribution in [0.5, 0.6) is 0 Å². The second-order valence-electron chi connectivity index (χ2n) is 7.50. The van der Waals surface area contributed by atoms with Gasteiger partial charge < -0.3 is 4.90 Å². The highest BCUT2D eigenvalue weighted by Crippen LogP contribution is 2.16. The molecule has 0 bridgehead atoms. The average Bonchev–Trinajstić information content (AvgIpc) is 2.69. The highest BCUT2D eigenvalue weighted by Gasteiger charge is 2.23. The van der Waals surface area contributed by atoms with Gasteiger partial charge in [-0.1, -0.05) is 23.7 Å². The fraction of sp³-hybridized carbons (Fsp3) is 0.381. The van der Waals surface area contributed by atoms with Crippen LogP contribution in [0.4, 0.5) is 0 Å². The Balaban J connectivity index is 1.57. The van der Waals surface area contributed by atoms with Crippen molar-refractivity contribution in [3.8, 4) is 0 Å². The Hall–Kier alpha value is -1.93. The van der Waals surface area contributed by atoms with Crippen LogP contribution < -0.4 is 4.72 Å². The van der Waals surface area contributed by atoms with Crippen LogP contribution in [0.2, 0.25) is 5.02 Å². The minimum absolute atomic E-state index is 0.0723. The van der Waals surface area contributed by atoms with E-state index in [-0.39, 0.29) is 16.8 Å². The molecule has 1 amide bonds. The van der Waals surface area contributed by atoms with Gasteiger partial charge in [0.15, 0.2) is 0 Å². The summed E-state index contributed by atoms with van der Waals surface area (Å²) in [6.07, 6.45) is 0. The van der Waals surface area contributed by atoms with Crippen LogP contribution in [0.3, 0.4) is 0 Å². The molecule has 0 aromatic heterocycles. The zero-order valence-electron chi connectivity index (χ0n) is 16.6. The number of benzene rings is 2. The van der Waals surface area contributed by atoms with Crippen LogP contribution >= 0.6 is 11.6 Å². The summed E-state index contributed by atoms with van der Waals surface area (Å²) in [7, 11) is -3.56. The van der Waals surface area contributed by atoms with Crippen LogP contribution in [-0.2, 0) is 16.6 Å². The number of hydrogen-bond donors (Lipinski definition) is 1. The van der Waals surface area contributed by atoms with Crippen molar-refractivity contribution < 1.29 is 13.2 Å². The van der Waals surface area contributed by atoms with Gasteiger partial charge in [0.25, 0.3) is 5.91 Å². The molecule has 0 saturated carbocycles. The van der Waals surface area contributed by atoms with Gasteiger partial charge in [-0.3, -0.25) is 9.69 Å². The Morgan fingerprint density at radius 3 is 2.14 bits per heavy atom. The van der Waals surface area contributed by atoms with Crippen LogP contribution in [0.1, 0.15) is 29.8 Å². The predicted octanol–water partition coefficient (Wildman–Crippen LogP) is 2.98. The van der Waals surface area contributed by atoms with Crippen molar-refractivity contribution in [2.24, 2.45) is 0 Å². The van der Waals surface area contributed by atoms with Crippen LogP contribution in [0, 0.1) is 0 Å². The first-order valence-electron chi connectivity index (χ1n) is 9.63. The maximum atomic E-state index is 12.8. The summed E-state index contributed by atoms with van der Waals surface area (Å²) < 4.78 is 27.0. The quantitative estimate of drug-likeness (QED) is 0.757. The van der Waals surface area contributed by atoms with Crippen LogP contribution in [0.25, 0.3) is 0 Å². The number of nitrogens with one attached hydrogen (secondary N) is 1. The number of nitrogens with zero attached hydrogens (tertiary/aromatic N) is 2. The van der Waals surface area contributed by atoms with Crippen LogP contribution in [0.15, 0.2) is 53.4 Å². The first-order chi connectivity index (χ1) is 13.7. The van der Waals surface area contributed by atoms with Gasteiger partial charge in [0.2, 0.25) is 10.0 Å². The summed E-state index contributed by atoms with van der Waals surface area (Å²) in [6, 6.07) is 13.7. The third-order valence-electron chi connectivity index (χ3n) is 4.78. The first-order valence-corrected chi connectivity index (χ1v) is 11.5. The van der Waals surface area contributed by atoms with Crippen molar-refractivity contribution >= 4 is 27.5 Å². The maximum Gasteiger partial charge on any atom is 0.253 e. The van der Waals surface area contributed by atoms with E-state index in [1.165, 1.54) is 17.7 Å². The van der Waals surface area contributed by atoms with E-state index in [4.69, 9.17) is 11.6 Å². The molecule has 1 fully saturated rings. The molecule has 156 valence electrons. The summed E-state index contributed by atoms with van der Waals surface area (Å²) in [4.78, 5) is 17.1. The lowest BCUT2D eigenvalue weighted by atomic mass is 10.1. The number of sulfonamides is 1. The second kappa shape index (κ2) is 9.26. The molecule has 0 atom stereocenters. The number of hydrogen-bond acceptors (Lipinski definition) is 4. The van der Waals surface area contributed by atoms with E-state index in [1.807, 2.05) is 29.2 Å². The summed E-state index contributed by atoms with van der Waals surface area (Å²) in [5, 5.41) is 0.725. The van der Waals surface area contributed by atoms with Gasteiger partial charge in [-0.2, -0.15) is 0 Å². The lowest BCUT2D eigenvalue weighted by Gasteiger charge is -2.34. The van der Waals surface area contributed by atoms with E-state index in [0.717, 1.165) is 24.7 Å². The van der Waals surface area contributed by atoms with Gasteiger partial charge in [0.1, 0.15) is 0 Å². The molecule has 6 nitrogen and oxygen atoms in total. The van der Waals surface area contributed by atoms with Crippen molar-refractivity contribution in [1.29, 1.82) is 0 Å². The molecular weight excluding hydrogens is 410 g/mol. The summed E-state index contributed by atoms with van der Waals surface area (Å²) in [5.74, 6) is -0.0723. The van der Waals surface area contributed by atoms with E-state index in [1.54, 1.807) is 26.0 Å². The van der Waals surface area contributed by atoms with Crippen LogP contribution in [-0.4, -0.2) is 56.3 Å². The Labute approximate surface area is 177 Å². The molecule has 8 heteroatoms. The molecule has 2 aromatic rings. The number of carbonyl (C=O) groups excluding carboxylic acids is 1. The molecular formula is C21H26ClN3O3S. The topological polar surface area (TPSA) is 69.7 Å². The molecule has 1 heterocycles. The SMILES string of the molecule is CC(C)NS(=O)(=O)c1ccc(C(=O)N2CCN(Cc3ccc(Cl)cc3)CC2)cc1. The lowest BCUT2D eigenvalue weighted by Crippen LogP contribution is -2.48. The third kappa shape index (κ3) is 5.79. The van der Waals surface area contributed by atoms with E-state index in [2.05, 4.69) is 9.62 Å². The number of rotatable bonds is 6. The van der Waals surface area contributed by atoms with Crippen molar-refractivity contribution in [3.63, 3.8) is 0 Å². The first kappa shape index (κ1) is 21.8. The molecule has 0 spiro atoms. The largest absolute Gasteiger partial charge is 0.336 e. The van der Waals surface area contributed by atoms with Gasteiger partial charge in [0.05, 0.1) is 4.90 Å². The van der Waals surface area contributed by atoms with E-state index >= 15 is 0 Å². The van der Waals surface area contributed by atoms with Gasteiger partial charge in [-0.15, -0.1) is 0 Å². The van der Waals surface area contributed by atoms with E-state index in [0.29, 0.717) is 18.7 Å². The molecule has 1 saturated heterocycles. The molecule has 0 radical (unpaired) electrons. The number of halogens is 1. The normalized spacial score (nSPS) is 15.7. The minimum atomic E-state index is -3.56. The Morgan fingerprint density at radius 1 is 1.00 bits per heavy atom. The number of piperazine rings is 1. The number of amides is 1. The minimum Gasteiger partial charge on any atom is -0.336 e. The zero-order valence-corrected chi connectivity index (χ0v) is 18.2. The monoisotopic (exact) mass is 435 g/mol. The van der Waals surface area contributed by atoms with Gasteiger partial charge in [-0.05, 0) is 55.8 Å². The number of carbonyl (C=O) groups is 1. The average molecular weight is 436 g/mol. The van der Waals surface area contributed by atoms with Crippen molar-refractivity contribution in [2.45, 2.75) is 31.3 Å². The fourth-order valence-electron chi connectivity index (χ4n) is 3.29. The Morgan fingerprint density at radius 2 is 1.59 bits per heavy atom. The molecule has 1 aliphatic rings. The summed E-state index contributed by atoms with van der Waals surface area (Å²) >= 11 is 5.93. The fourth-order valence-corrected chi connectivity index (χ4v) is 4.67. The summed E-state index contributed by atoms with van der Waals surface area (Å²) in [6.45, 7) is 7.22. The van der Waals surface area contributed by atoms with E-state index in [9.17, 15) is 13.2 Å². The molecule has 2 aromatic carbocycles. The van der Waals surface area contributed by atoms with Crippen molar-refractivity contribution in [3.05, 3.63) is 64.7 Å². The molecule has 3 rings (SSSR count). The van der Waals surface area contributed by atoms with Gasteiger partial charge >= 0.3 is 0 Å². The van der Waals surface area contributed by atoms with E-state index < -0.39 is 10.0 Å². The van der Waals surface area contributed by atoms with Gasteiger partial charge in [-0.25, -0.2) is 13.1 Å². The standard InChI is InChI=1S/C21H26ClN3O3S/c1-16(2)23-29(27,28)20-9-5-18(6-10-20)21(26)25-13-11-24(12-14-25)15-17-3-7-19(22)8-4-17/h3-10,16,23H,11-15H2,1-2H3. The smallest absolute Gasteiger partial charge is 0.253 e. The van der Waals surface area contributed by atoms with Gasteiger partial charge in [0, 0.05) is 49.4 Å². The molecule has 0 unspecified atom stereocenters. The highest BCUT2D eigenvalue weighted by molar-refractivity contribution is 7.89. The lowest BCUT2D eigenvalue weighted by molar-refractivity contribution is 0.0628. The second-order valence-corrected chi connectivity index (χ2v) is 9.65. The van der Waals surface area contributed by atoms with Crippen molar-refractivity contribution in [2.75, 3.05) is 26.2 Å². The Kier molecular flexibility index (Phi) is 6.95. The zero-order chi connectivity index (χ0) is 21.0. The third-order valence-corrected chi connectivity index (χ3v) is 6.71. The predicted molar refractivity (Wildman–Crippen MR) is 115 cm³/mol. The molecule has 1 aliphatic heterocycles. The highest BCUT2D eigenvalue weighted by atomic mass is 35.5. The molecule has 0 aliphatic carbocycles. The molecule has 1 N–H and O–H groups in total. The summed E-state index contributed by atoms with van der Waals surface area (Å²) in [5.41, 5.74) is 1.70. The molecule has 29 heavy (non-hydrogen) atoms. The Bertz CT molecular complexity index is 936. The maximum absolute atomic E-state index is 12.8.